The van der Waals surface area contributed by atoms with Crippen LogP contribution in [0, 0.1) is 6.92 Å². The lowest BCUT2D eigenvalue weighted by Crippen LogP contribution is -2.31. The molecule has 7 nitrogen and oxygen atoms in total. The molecule has 11 heteroatoms. The minimum Gasteiger partial charge on any atom is -0.320 e. The molecule has 30 heavy (non-hydrogen) atoms. The molecule has 2 aromatic carbocycles. The van der Waals surface area contributed by atoms with E-state index < -0.39 is 23.7 Å². The molecule has 2 amide bonds. The van der Waals surface area contributed by atoms with Crippen LogP contribution in [-0.2, 0) is 6.18 Å². The number of benzene rings is 2. The highest BCUT2D eigenvalue weighted by Crippen LogP contribution is 2.31. The number of hydrazine groups is 1. The van der Waals surface area contributed by atoms with Gasteiger partial charge in [0.05, 0.1) is 16.9 Å². The quantitative estimate of drug-likeness (QED) is 0.329. The Morgan fingerprint density at radius 3 is 2.37 bits per heavy atom. The summed E-state index contributed by atoms with van der Waals surface area (Å²) in [6.45, 7) is 1.57. The molecule has 156 valence electrons. The Morgan fingerprint density at radius 1 is 1.10 bits per heavy atom. The number of aromatic nitrogens is 2. The Labute approximate surface area is 173 Å². The Balaban J connectivity index is 2.09. The average molecular weight is 438 g/mol. The van der Waals surface area contributed by atoms with Gasteiger partial charge in [-0.25, -0.2) is 10.5 Å². The van der Waals surface area contributed by atoms with Crippen molar-refractivity contribution < 1.29 is 22.8 Å². The first-order valence-electron chi connectivity index (χ1n) is 8.47. The molecule has 0 unspecified atom stereocenters. The van der Waals surface area contributed by atoms with Gasteiger partial charge in [-0.2, -0.15) is 18.3 Å². The summed E-state index contributed by atoms with van der Waals surface area (Å²) in [5.74, 6) is 3.53. The van der Waals surface area contributed by atoms with E-state index in [2.05, 4.69) is 10.4 Å². The molecule has 0 fully saturated rings. The summed E-state index contributed by atoms with van der Waals surface area (Å²) in [4.78, 5) is 25.0. The number of anilines is 1. The van der Waals surface area contributed by atoms with Crippen LogP contribution in [0.1, 0.15) is 32.1 Å². The third-order valence-electron chi connectivity index (χ3n) is 4.15. The van der Waals surface area contributed by atoms with Gasteiger partial charge in [-0.05, 0) is 36.8 Å². The van der Waals surface area contributed by atoms with Crippen LogP contribution in [0.15, 0.2) is 48.5 Å². The lowest BCUT2D eigenvalue weighted by atomic mass is 10.1. The monoisotopic (exact) mass is 437 g/mol. The van der Waals surface area contributed by atoms with Gasteiger partial charge in [0.1, 0.15) is 5.69 Å². The maximum absolute atomic E-state index is 13.2. The minimum absolute atomic E-state index is 0.0438. The first kappa shape index (κ1) is 21.3. The lowest BCUT2D eigenvalue weighted by Gasteiger charge is -2.14. The number of hydrogen-bond donors (Lipinski definition) is 3. The maximum Gasteiger partial charge on any atom is 0.435 e. The number of rotatable bonds is 4. The third-order valence-corrected chi connectivity index (χ3v) is 4.37. The van der Waals surface area contributed by atoms with Crippen molar-refractivity contribution in [2.24, 2.45) is 5.84 Å². The predicted molar refractivity (Wildman–Crippen MR) is 104 cm³/mol. The highest BCUT2D eigenvalue weighted by molar-refractivity contribution is 6.31. The number of nitrogens with two attached hydrogens (primary N) is 1. The van der Waals surface area contributed by atoms with Gasteiger partial charge in [-0.1, -0.05) is 29.8 Å². The number of nitrogens with one attached hydrogen (secondary N) is 2. The third kappa shape index (κ3) is 4.29. The number of para-hydroxylation sites is 1. The van der Waals surface area contributed by atoms with Crippen LogP contribution in [-0.4, -0.2) is 21.6 Å². The number of hydrogen-bond acceptors (Lipinski definition) is 4. The average Bonchev–Trinajstić information content (AvgIpc) is 3.16. The zero-order valence-corrected chi connectivity index (χ0v) is 16.2. The fraction of sp³-hybridized carbons (Fsp3) is 0.105. The van der Waals surface area contributed by atoms with Crippen molar-refractivity contribution in [3.63, 3.8) is 0 Å². The van der Waals surface area contributed by atoms with Crippen LogP contribution < -0.4 is 16.6 Å². The van der Waals surface area contributed by atoms with Crippen LogP contribution >= 0.6 is 11.6 Å². The van der Waals surface area contributed by atoms with Crippen molar-refractivity contribution in [1.82, 2.24) is 15.2 Å². The Hall–Kier alpha value is -3.37. The molecule has 1 aromatic heterocycles. The zero-order chi connectivity index (χ0) is 22.1. The second-order valence-corrected chi connectivity index (χ2v) is 6.67. The van der Waals surface area contributed by atoms with E-state index in [0.717, 1.165) is 4.68 Å². The number of aryl methyl sites for hydroxylation is 1. The number of nitrogens with zero attached hydrogens (tertiary/aromatic N) is 2. The second-order valence-electron chi connectivity index (χ2n) is 6.23. The largest absolute Gasteiger partial charge is 0.435 e. The molecule has 0 atom stereocenters. The minimum atomic E-state index is -4.75. The van der Waals surface area contributed by atoms with Gasteiger partial charge in [0.15, 0.2) is 5.69 Å². The van der Waals surface area contributed by atoms with Crippen LogP contribution in [0.4, 0.5) is 18.9 Å². The smallest absolute Gasteiger partial charge is 0.320 e. The number of carbonyl (C=O) groups is 2. The summed E-state index contributed by atoms with van der Waals surface area (Å²) in [6.07, 6.45) is -4.75. The number of nitrogen functional groups attached to an aromatic ring is 1. The Morgan fingerprint density at radius 2 is 1.77 bits per heavy atom. The molecular weight excluding hydrogens is 423 g/mol. The summed E-state index contributed by atoms with van der Waals surface area (Å²) < 4.78 is 40.5. The van der Waals surface area contributed by atoms with Gasteiger partial charge in [-0.15, -0.1) is 0 Å². The molecule has 4 N–H and O–H groups in total. The van der Waals surface area contributed by atoms with Crippen molar-refractivity contribution in [3.8, 4) is 5.69 Å². The van der Waals surface area contributed by atoms with Gasteiger partial charge < -0.3 is 5.32 Å². The maximum atomic E-state index is 13.2. The van der Waals surface area contributed by atoms with E-state index in [4.69, 9.17) is 17.4 Å². The standard InChI is InChI=1S/C19H15ClF3N5O2/c1-10-7-11(20)8-13(17(29)26-24)16(10)25-18(30)14-9-15(19(21,22)23)27-28(14)12-5-3-2-4-6-12/h2-9H,24H2,1H3,(H,25,30)(H,26,29). The summed E-state index contributed by atoms with van der Waals surface area (Å²) >= 11 is 5.96. The predicted octanol–water partition coefficient (Wildman–Crippen LogP) is 3.71. The van der Waals surface area contributed by atoms with Crippen molar-refractivity contribution >= 4 is 29.1 Å². The summed E-state index contributed by atoms with van der Waals surface area (Å²) in [6, 6.07) is 11.3. The van der Waals surface area contributed by atoms with E-state index in [1.807, 2.05) is 5.43 Å². The molecule has 0 saturated heterocycles. The van der Waals surface area contributed by atoms with E-state index in [1.54, 1.807) is 25.1 Å². The molecule has 0 bridgehead atoms. The molecular formula is C19H15ClF3N5O2. The van der Waals surface area contributed by atoms with Crippen molar-refractivity contribution in [3.05, 3.63) is 76.1 Å². The molecule has 0 aliphatic carbocycles. The molecule has 3 aromatic rings. The first-order valence-corrected chi connectivity index (χ1v) is 8.84. The summed E-state index contributed by atoms with van der Waals surface area (Å²) in [7, 11) is 0. The Bertz CT molecular complexity index is 1110. The van der Waals surface area contributed by atoms with Crippen LogP contribution in [0.2, 0.25) is 5.02 Å². The van der Waals surface area contributed by atoms with Crippen LogP contribution in [0.25, 0.3) is 5.69 Å². The molecule has 3 rings (SSSR count). The van der Waals surface area contributed by atoms with E-state index in [9.17, 15) is 22.8 Å². The van der Waals surface area contributed by atoms with Gasteiger partial charge in [0, 0.05) is 11.1 Å². The molecule has 1 heterocycles. The highest BCUT2D eigenvalue weighted by atomic mass is 35.5. The number of halogens is 4. The highest BCUT2D eigenvalue weighted by Gasteiger charge is 2.36. The van der Waals surface area contributed by atoms with Gasteiger partial charge in [0.25, 0.3) is 11.8 Å². The fourth-order valence-corrected chi connectivity index (χ4v) is 3.06. The first-order chi connectivity index (χ1) is 14.1. The van der Waals surface area contributed by atoms with E-state index in [-0.39, 0.29) is 27.7 Å². The number of carbonyl (C=O) groups excluding carboxylic acids is 2. The fourth-order valence-electron chi connectivity index (χ4n) is 2.79. The normalized spacial score (nSPS) is 11.3. The van der Waals surface area contributed by atoms with Gasteiger partial charge in [-0.3, -0.25) is 15.0 Å². The van der Waals surface area contributed by atoms with E-state index in [1.165, 1.54) is 24.3 Å². The zero-order valence-electron chi connectivity index (χ0n) is 15.4. The molecule has 0 aliphatic heterocycles. The number of alkyl halides is 3. The Kier molecular flexibility index (Phi) is 5.81. The van der Waals surface area contributed by atoms with Gasteiger partial charge in [0.2, 0.25) is 0 Å². The SMILES string of the molecule is Cc1cc(Cl)cc(C(=O)NN)c1NC(=O)c1cc(C(F)(F)F)nn1-c1ccccc1. The van der Waals surface area contributed by atoms with Crippen molar-refractivity contribution in [2.45, 2.75) is 13.1 Å². The summed E-state index contributed by atoms with van der Waals surface area (Å²) in [5, 5.41) is 6.23. The van der Waals surface area contributed by atoms with Crippen LogP contribution in [0.5, 0.6) is 0 Å². The van der Waals surface area contributed by atoms with E-state index >= 15 is 0 Å². The molecule has 0 spiro atoms. The van der Waals surface area contributed by atoms with Crippen molar-refractivity contribution in [2.75, 3.05) is 5.32 Å². The molecule has 0 aliphatic rings. The topological polar surface area (TPSA) is 102 Å². The molecule has 0 radical (unpaired) electrons. The second kappa shape index (κ2) is 8.17. The summed E-state index contributed by atoms with van der Waals surface area (Å²) in [5.41, 5.74) is 1.01. The van der Waals surface area contributed by atoms with Crippen LogP contribution in [0.3, 0.4) is 0 Å². The van der Waals surface area contributed by atoms with Crippen molar-refractivity contribution in [1.29, 1.82) is 0 Å². The number of amides is 2. The lowest BCUT2D eigenvalue weighted by molar-refractivity contribution is -0.141. The molecule has 0 saturated carbocycles. The van der Waals surface area contributed by atoms with E-state index in [0.29, 0.717) is 11.6 Å². The van der Waals surface area contributed by atoms with Gasteiger partial charge >= 0.3 is 6.18 Å².